The molecule has 1 rings (SSSR count). The predicted molar refractivity (Wildman–Crippen MR) is 58.0 cm³/mol. The summed E-state index contributed by atoms with van der Waals surface area (Å²) in [5.74, 6) is 0.469. The number of aromatic amines is 1. The Kier molecular flexibility index (Phi) is 3.67. The average molecular weight is 210 g/mol. The topological polar surface area (TPSA) is 120 Å². The van der Waals surface area contributed by atoms with Crippen LogP contribution in [0.2, 0.25) is 0 Å². The van der Waals surface area contributed by atoms with Crippen LogP contribution in [0.25, 0.3) is 0 Å². The van der Waals surface area contributed by atoms with Crippen molar-refractivity contribution in [3.8, 4) is 0 Å². The second-order valence-corrected chi connectivity index (χ2v) is 3.00. The van der Waals surface area contributed by atoms with Crippen LogP contribution in [0, 0.1) is 12.3 Å². The monoisotopic (exact) mass is 210 g/mol. The molecule has 7 nitrogen and oxygen atoms in total. The van der Waals surface area contributed by atoms with Crippen molar-refractivity contribution in [1.29, 1.82) is 5.41 Å². The summed E-state index contributed by atoms with van der Waals surface area (Å²) in [5.41, 5.74) is 5.57. The largest absolute Gasteiger partial charge is 0.370 e. The molecule has 0 aliphatic carbocycles. The number of hydrogen-bond donors (Lipinski definition) is 5. The number of aryl methyl sites for hydroxylation is 1. The van der Waals surface area contributed by atoms with Crippen LogP contribution in [-0.2, 0) is 0 Å². The summed E-state index contributed by atoms with van der Waals surface area (Å²) >= 11 is 0. The zero-order valence-electron chi connectivity index (χ0n) is 8.42. The molecule has 82 valence electrons. The minimum Gasteiger partial charge on any atom is -0.370 e. The van der Waals surface area contributed by atoms with Crippen LogP contribution in [0.1, 0.15) is 5.56 Å². The lowest BCUT2D eigenvalue weighted by Gasteiger charge is -2.07. The van der Waals surface area contributed by atoms with Gasteiger partial charge in [-0.3, -0.25) is 5.41 Å². The SMILES string of the molecule is Cc1c[nH]c(=O)nc1NCCNC(=N)N. The fraction of sp³-hybridized carbons (Fsp3) is 0.375. The number of H-pyrrole nitrogens is 1. The Bertz CT molecular complexity index is 398. The highest BCUT2D eigenvalue weighted by Gasteiger charge is 1.99. The molecule has 1 aromatic rings. The van der Waals surface area contributed by atoms with Crippen molar-refractivity contribution in [2.45, 2.75) is 6.92 Å². The second-order valence-electron chi connectivity index (χ2n) is 3.00. The van der Waals surface area contributed by atoms with E-state index in [-0.39, 0.29) is 11.6 Å². The van der Waals surface area contributed by atoms with Gasteiger partial charge in [-0.25, -0.2) is 4.79 Å². The lowest BCUT2D eigenvalue weighted by atomic mass is 10.3. The molecule has 0 spiro atoms. The van der Waals surface area contributed by atoms with Gasteiger partial charge in [0.05, 0.1) is 0 Å². The molecule has 0 saturated heterocycles. The maximum Gasteiger partial charge on any atom is 0.346 e. The first-order valence-electron chi connectivity index (χ1n) is 4.47. The minimum atomic E-state index is -0.386. The Balaban J connectivity index is 2.47. The molecule has 7 heteroatoms. The molecule has 0 bridgehead atoms. The van der Waals surface area contributed by atoms with Gasteiger partial charge in [0.1, 0.15) is 5.82 Å². The lowest BCUT2D eigenvalue weighted by molar-refractivity contribution is 0.882. The third kappa shape index (κ3) is 3.67. The highest BCUT2D eigenvalue weighted by atomic mass is 16.1. The molecular formula is C8H14N6O. The van der Waals surface area contributed by atoms with Crippen molar-refractivity contribution in [3.63, 3.8) is 0 Å². The maximum atomic E-state index is 10.9. The number of nitrogens with two attached hydrogens (primary N) is 1. The van der Waals surface area contributed by atoms with Crippen molar-refractivity contribution in [3.05, 3.63) is 22.2 Å². The number of nitrogens with one attached hydrogen (secondary N) is 4. The molecule has 0 saturated carbocycles. The van der Waals surface area contributed by atoms with Crippen LogP contribution in [-0.4, -0.2) is 29.0 Å². The Labute approximate surface area is 86.6 Å². The van der Waals surface area contributed by atoms with Gasteiger partial charge < -0.3 is 21.4 Å². The van der Waals surface area contributed by atoms with E-state index < -0.39 is 0 Å². The summed E-state index contributed by atoms with van der Waals surface area (Å²) in [6, 6.07) is 0. The van der Waals surface area contributed by atoms with Crippen molar-refractivity contribution in [2.75, 3.05) is 18.4 Å². The van der Waals surface area contributed by atoms with Gasteiger partial charge in [-0.2, -0.15) is 4.98 Å². The van der Waals surface area contributed by atoms with Crippen LogP contribution in [0.4, 0.5) is 5.82 Å². The molecule has 6 N–H and O–H groups in total. The normalized spacial score (nSPS) is 9.67. The highest BCUT2D eigenvalue weighted by molar-refractivity contribution is 5.74. The van der Waals surface area contributed by atoms with Gasteiger partial charge in [-0.05, 0) is 6.92 Å². The molecule has 0 aliphatic rings. The summed E-state index contributed by atoms with van der Waals surface area (Å²) < 4.78 is 0. The van der Waals surface area contributed by atoms with Crippen LogP contribution >= 0.6 is 0 Å². The molecule has 0 amide bonds. The van der Waals surface area contributed by atoms with Gasteiger partial charge in [0.15, 0.2) is 5.96 Å². The van der Waals surface area contributed by atoms with E-state index in [1.54, 1.807) is 6.20 Å². The molecule has 0 aromatic carbocycles. The molecule has 0 fully saturated rings. The predicted octanol–water partition coefficient (Wildman–Crippen LogP) is -1.03. The van der Waals surface area contributed by atoms with Crippen molar-refractivity contribution >= 4 is 11.8 Å². The molecule has 0 aliphatic heterocycles. The van der Waals surface area contributed by atoms with E-state index in [2.05, 4.69) is 20.6 Å². The van der Waals surface area contributed by atoms with E-state index in [4.69, 9.17) is 11.1 Å². The van der Waals surface area contributed by atoms with E-state index in [0.717, 1.165) is 5.56 Å². The summed E-state index contributed by atoms with van der Waals surface area (Å²) in [6.45, 7) is 2.88. The molecule has 1 heterocycles. The average Bonchev–Trinajstić information content (AvgIpc) is 2.17. The first-order valence-corrected chi connectivity index (χ1v) is 4.47. The lowest BCUT2D eigenvalue weighted by Crippen LogP contribution is -2.34. The third-order valence-corrected chi connectivity index (χ3v) is 1.73. The summed E-state index contributed by atoms with van der Waals surface area (Å²) in [6.07, 6.45) is 1.59. The van der Waals surface area contributed by atoms with Gasteiger partial charge >= 0.3 is 5.69 Å². The molecule has 0 radical (unpaired) electrons. The standard InChI is InChI=1S/C8H14N6O/c1-5-4-13-8(15)14-6(5)11-2-3-12-7(9)10/h4H,2-3H2,1H3,(H4,9,10,12)(H2,11,13,14,15). The second kappa shape index (κ2) is 4.99. The van der Waals surface area contributed by atoms with Crippen LogP contribution in [0.5, 0.6) is 0 Å². The van der Waals surface area contributed by atoms with Crippen LogP contribution < -0.4 is 22.1 Å². The molecule has 0 atom stereocenters. The number of nitrogens with zero attached hydrogens (tertiary/aromatic N) is 1. The Hall–Kier alpha value is -2.05. The first-order chi connectivity index (χ1) is 7.09. The Morgan fingerprint density at radius 1 is 1.67 bits per heavy atom. The number of anilines is 1. The molecule has 0 unspecified atom stereocenters. The number of hydrogen-bond acceptors (Lipinski definition) is 4. The molecule has 15 heavy (non-hydrogen) atoms. The fourth-order valence-corrected chi connectivity index (χ4v) is 1.02. The van der Waals surface area contributed by atoms with E-state index in [1.807, 2.05) is 6.92 Å². The van der Waals surface area contributed by atoms with Gasteiger partial charge in [-0.15, -0.1) is 0 Å². The summed E-state index contributed by atoms with van der Waals surface area (Å²) in [5, 5.41) is 12.5. The third-order valence-electron chi connectivity index (χ3n) is 1.73. The number of rotatable bonds is 4. The van der Waals surface area contributed by atoms with Gasteiger partial charge in [0.2, 0.25) is 0 Å². The number of aromatic nitrogens is 2. The van der Waals surface area contributed by atoms with Crippen molar-refractivity contribution in [2.24, 2.45) is 5.73 Å². The Morgan fingerprint density at radius 3 is 3.07 bits per heavy atom. The summed E-state index contributed by atoms with van der Waals surface area (Å²) in [7, 11) is 0. The first kappa shape index (κ1) is 11.0. The van der Waals surface area contributed by atoms with Crippen molar-refractivity contribution in [1.82, 2.24) is 15.3 Å². The Morgan fingerprint density at radius 2 is 2.40 bits per heavy atom. The van der Waals surface area contributed by atoms with Gasteiger partial charge in [0, 0.05) is 24.8 Å². The van der Waals surface area contributed by atoms with Gasteiger partial charge in [-0.1, -0.05) is 0 Å². The van der Waals surface area contributed by atoms with E-state index >= 15 is 0 Å². The zero-order chi connectivity index (χ0) is 11.3. The van der Waals surface area contributed by atoms with Crippen LogP contribution in [0.3, 0.4) is 0 Å². The minimum absolute atomic E-state index is 0.0765. The van der Waals surface area contributed by atoms with Crippen LogP contribution in [0.15, 0.2) is 11.0 Å². The molecule has 1 aromatic heterocycles. The van der Waals surface area contributed by atoms with E-state index in [1.165, 1.54) is 0 Å². The quantitative estimate of drug-likeness (QED) is 0.247. The highest BCUT2D eigenvalue weighted by Crippen LogP contribution is 2.04. The maximum absolute atomic E-state index is 10.9. The van der Waals surface area contributed by atoms with E-state index in [0.29, 0.717) is 18.9 Å². The van der Waals surface area contributed by atoms with Crippen molar-refractivity contribution < 1.29 is 0 Å². The van der Waals surface area contributed by atoms with E-state index in [9.17, 15) is 4.79 Å². The zero-order valence-corrected chi connectivity index (χ0v) is 8.42. The number of guanidine groups is 1. The van der Waals surface area contributed by atoms with Gasteiger partial charge in [0.25, 0.3) is 0 Å². The molecular weight excluding hydrogens is 196 g/mol. The smallest absolute Gasteiger partial charge is 0.346 e. The summed E-state index contributed by atoms with van der Waals surface area (Å²) in [4.78, 5) is 17.1. The fourth-order valence-electron chi connectivity index (χ4n) is 1.02.